The van der Waals surface area contributed by atoms with Crippen molar-refractivity contribution in [2.45, 2.75) is 18.9 Å². The van der Waals surface area contributed by atoms with E-state index < -0.39 is 0 Å². The van der Waals surface area contributed by atoms with Crippen LogP contribution in [0.2, 0.25) is 5.02 Å². The highest BCUT2D eigenvalue weighted by atomic mass is 35.5. The Morgan fingerprint density at radius 1 is 1.33 bits per heavy atom. The molecule has 0 amide bonds. The molecular weight excluding hydrogens is 246 g/mol. The maximum absolute atomic E-state index is 6.09. The van der Waals surface area contributed by atoms with E-state index in [1.165, 1.54) is 5.56 Å². The predicted molar refractivity (Wildman–Crippen MR) is 68.9 cm³/mol. The van der Waals surface area contributed by atoms with Crippen molar-refractivity contribution in [2.24, 2.45) is 5.73 Å². The topological polar surface area (TPSA) is 26.0 Å². The van der Waals surface area contributed by atoms with E-state index in [1.54, 1.807) is 22.7 Å². The van der Waals surface area contributed by atoms with Crippen LogP contribution in [0.5, 0.6) is 0 Å². The van der Waals surface area contributed by atoms with Crippen LogP contribution >= 0.6 is 34.3 Å². The summed E-state index contributed by atoms with van der Waals surface area (Å²) < 4.78 is 0. The van der Waals surface area contributed by atoms with Crippen LogP contribution in [0.3, 0.4) is 0 Å². The largest absolute Gasteiger partial charge is 0.323 e. The minimum absolute atomic E-state index is 0.0670. The van der Waals surface area contributed by atoms with Gasteiger partial charge >= 0.3 is 0 Å². The zero-order valence-electron chi connectivity index (χ0n) is 8.15. The third-order valence-electron chi connectivity index (χ3n) is 2.31. The molecule has 2 rings (SSSR count). The van der Waals surface area contributed by atoms with Crippen LogP contribution in [-0.4, -0.2) is 0 Å². The first-order chi connectivity index (χ1) is 7.27. The second-order valence-electron chi connectivity index (χ2n) is 3.41. The highest BCUT2D eigenvalue weighted by molar-refractivity contribution is 7.10. The van der Waals surface area contributed by atoms with Gasteiger partial charge in [-0.15, -0.1) is 11.3 Å². The summed E-state index contributed by atoms with van der Waals surface area (Å²) in [7, 11) is 0. The van der Waals surface area contributed by atoms with Crippen molar-refractivity contribution in [3.8, 4) is 0 Å². The van der Waals surface area contributed by atoms with Gasteiger partial charge in [0.2, 0.25) is 0 Å². The number of hydrogen-bond donors (Lipinski definition) is 1. The van der Waals surface area contributed by atoms with Gasteiger partial charge in [0.1, 0.15) is 0 Å². The highest BCUT2D eigenvalue weighted by Gasteiger charge is 2.11. The second kappa shape index (κ2) is 5.12. The van der Waals surface area contributed by atoms with Gasteiger partial charge in [-0.25, -0.2) is 0 Å². The molecule has 1 nitrogen and oxygen atoms in total. The summed E-state index contributed by atoms with van der Waals surface area (Å²) >= 11 is 9.40. The van der Waals surface area contributed by atoms with Gasteiger partial charge in [-0.05, 0) is 46.7 Å². The third-order valence-corrected chi connectivity index (χ3v) is 4.53. The lowest BCUT2D eigenvalue weighted by molar-refractivity contribution is 0.663. The van der Waals surface area contributed by atoms with Crippen LogP contribution in [0.4, 0.5) is 0 Å². The standard InChI is InChI=1S/C11H12ClNS2/c12-9-4-6-15-11(9)10(13)2-1-8-3-5-14-7-8/h3-7,10H,1-2,13H2. The van der Waals surface area contributed by atoms with Gasteiger partial charge < -0.3 is 5.73 Å². The van der Waals surface area contributed by atoms with Crippen LogP contribution in [-0.2, 0) is 6.42 Å². The van der Waals surface area contributed by atoms with Gasteiger partial charge in [-0.3, -0.25) is 0 Å². The Bertz CT molecular complexity index is 408. The number of halogens is 1. The summed E-state index contributed by atoms with van der Waals surface area (Å²) in [4.78, 5) is 1.10. The van der Waals surface area contributed by atoms with Crippen LogP contribution in [0.25, 0.3) is 0 Å². The molecule has 0 fully saturated rings. The highest BCUT2D eigenvalue weighted by Crippen LogP contribution is 2.29. The van der Waals surface area contributed by atoms with Crippen molar-refractivity contribution in [1.82, 2.24) is 0 Å². The summed E-state index contributed by atoms with van der Waals surface area (Å²) in [5, 5.41) is 7.06. The molecule has 0 saturated heterocycles. The maximum atomic E-state index is 6.09. The quantitative estimate of drug-likeness (QED) is 0.877. The summed E-state index contributed by atoms with van der Waals surface area (Å²) in [6.45, 7) is 0. The molecule has 80 valence electrons. The fourth-order valence-electron chi connectivity index (χ4n) is 1.46. The van der Waals surface area contributed by atoms with Crippen molar-refractivity contribution in [3.05, 3.63) is 43.7 Å². The smallest absolute Gasteiger partial charge is 0.0561 e. The van der Waals surface area contributed by atoms with Crippen molar-refractivity contribution < 1.29 is 0 Å². The Hall–Kier alpha value is -0.350. The fraction of sp³-hybridized carbons (Fsp3) is 0.273. The molecule has 0 saturated carbocycles. The van der Waals surface area contributed by atoms with Crippen molar-refractivity contribution >= 4 is 34.3 Å². The van der Waals surface area contributed by atoms with Crippen LogP contribution in [0, 0.1) is 0 Å². The van der Waals surface area contributed by atoms with Crippen LogP contribution < -0.4 is 5.73 Å². The number of rotatable bonds is 4. The van der Waals surface area contributed by atoms with Crippen molar-refractivity contribution in [1.29, 1.82) is 0 Å². The molecule has 15 heavy (non-hydrogen) atoms. The van der Waals surface area contributed by atoms with E-state index in [0.29, 0.717) is 0 Å². The Kier molecular flexibility index (Phi) is 3.81. The van der Waals surface area contributed by atoms with E-state index in [4.69, 9.17) is 17.3 Å². The zero-order chi connectivity index (χ0) is 10.7. The Labute approximate surface area is 103 Å². The van der Waals surface area contributed by atoms with Crippen molar-refractivity contribution in [2.75, 3.05) is 0 Å². The fourth-order valence-corrected chi connectivity index (χ4v) is 3.40. The molecule has 2 aromatic heterocycles. The van der Waals surface area contributed by atoms with E-state index in [1.807, 2.05) is 11.4 Å². The minimum atomic E-state index is 0.0670. The molecule has 0 aromatic carbocycles. The number of nitrogens with two attached hydrogens (primary N) is 1. The number of thiophene rings is 2. The van der Waals surface area contributed by atoms with Gasteiger partial charge in [0.15, 0.2) is 0 Å². The SMILES string of the molecule is NC(CCc1ccsc1)c1sccc1Cl. The van der Waals surface area contributed by atoms with Crippen LogP contribution in [0.1, 0.15) is 22.9 Å². The average Bonchev–Trinajstić information content (AvgIpc) is 2.84. The lowest BCUT2D eigenvalue weighted by Crippen LogP contribution is -2.09. The molecule has 0 spiro atoms. The average molecular weight is 258 g/mol. The molecule has 2 aromatic rings. The predicted octanol–water partition coefficient (Wildman–Crippen LogP) is 4.10. The Morgan fingerprint density at radius 3 is 2.80 bits per heavy atom. The summed E-state index contributed by atoms with van der Waals surface area (Å²) in [5.74, 6) is 0. The first-order valence-corrected chi connectivity index (χ1v) is 6.97. The van der Waals surface area contributed by atoms with Gasteiger partial charge in [0.05, 0.1) is 5.02 Å². The van der Waals surface area contributed by atoms with Gasteiger partial charge in [0, 0.05) is 10.9 Å². The Morgan fingerprint density at radius 2 is 2.20 bits per heavy atom. The molecule has 0 aliphatic heterocycles. The zero-order valence-corrected chi connectivity index (χ0v) is 10.5. The van der Waals surface area contributed by atoms with Crippen molar-refractivity contribution in [3.63, 3.8) is 0 Å². The van der Waals surface area contributed by atoms with E-state index in [9.17, 15) is 0 Å². The molecule has 1 unspecified atom stereocenters. The van der Waals surface area contributed by atoms with Gasteiger partial charge in [0.25, 0.3) is 0 Å². The number of hydrogen-bond acceptors (Lipinski definition) is 3. The second-order valence-corrected chi connectivity index (χ2v) is 5.54. The summed E-state index contributed by atoms with van der Waals surface area (Å²) in [5.41, 5.74) is 7.45. The number of aryl methyl sites for hydroxylation is 1. The lowest BCUT2D eigenvalue weighted by atomic mass is 10.1. The molecular formula is C11H12ClNS2. The first kappa shape index (κ1) is 11.1. The molecule has 0 radical (unpaired) electrons. The Balaban J connectivity index is 1.93. The molecule has 4 heteroatoms. The van der Waals surface area contributed by atoms with Crippen LogP contribution in [0.15, 0.2) is 28.3 Å². The summed E-state index contributed by atoms with van der Waals surface area (Å²) in [6, 6.07) is 4.12. The molecule has 0 aliphatic carbocycles. The minimum Gasteiger partial charge on any atom is -0.323 e. The van der Waals surface area contributed by atoms with E-state index in [2.05, 4.69) is 16.8 Å². The molecule has 1 atom stereocenters. The molecule has 0 aliphatic rings. The van der Waals surface area contributed by atoms with E-state index in [-0.39, 0.29) is 6.04 Å². The first-order valence-electron chi connectivity index (χ1n) is 4.77. The molecule has 2 N–H and O–H groups in total. The third kappa shape index (κ3) is 2.82. The maximum Gasteiger partial charge on any atom is 0.0561 e. The molecule has 0 bridgehead atoms. The monoisotopic (exact) mass is 257 g/mol. The lowest BCUT2D eigenvalue weighted by Gasteiger charge is -2.09. The van der Waals surface area contributed by atoms with E-state index >= 15 is 0 Å². The normalized spacial score (nSPS) is 12.9. The van der Waals surface area contributed by atoms with Gasteiger partial charge in [-0.1, -0.05) is 11.6 Å². The molecule has 2 heterocycles. The van der Waals surface area contributed by atoms with Gasteiger partial charge in [-0.2, -0.15) is 11.3 Å². The van der Waals surface area contributed by atoms with E-state index in [0.717, 1.165) is 22.7 Å². The summed E-state index contributed by atoms with van der Waals surface area (Å²) in [6.07, 6.45) is 1.98.